The van der Waals surface area contributed by atoms with Crippen LogP contribution in [0.15, 0.2) is 47.5 Å². The van der Waals surface area contributed by atoms with Crippen molar-refractivity contribution in [2.24, 2.45) is 4.99 Å². The third-order valence-electron chi connectivity index (χ3n) is 4.39. The lowest BCUT2D eigenvalue weighted by Crippen LogP contribution is -2.50. The maximum Gasteiger partial charge on any atom is 0.194 e. The number of benzene rings is 1. The first-order chi connectivity index (χ1) is 12.5. The monoisotopic (exact) mass is 356 g/mol. The molecule has 0 aliphatic carbocycles. The summed E-state index contributed by atoms with van der Waals surface area (Å²) in [5.74, 6) is 0.577. The van der Waals surface area contributed by atoms with E-state index >= 15 is 0 Å². The zero-order valence-corrected chi connectivity index (χ0v) is 15.4. The van der Waals surface area contributed by atoms with Crippen molar-refractivity contribution in [1.29, 1.82) is 0 Å². The molecule has 5 nitrogen and oxygen atoms in total. The zero-order valence-electron chi connectivity index (χ0n) is 15.4. The average Bonchev–Trinajstić information content (AvgIpc) is 2.62. The van der Waals surface area contributed by atoms with E-state index in [0.717, 1.165) is 29.5 Å². The van der Waals surface area contributed by atoms with Crippen LogP contribution >= 0.6 is 0 Å². The van der Waals surface area contributed by atoms with Crippen LogP contribution in [-0.4, -0.2) is 42.1 Å². The van der Waals surface area contributed by atoms with Gasteiger partial charge in [-0.15, -0.1) is 0 Å². The zero-order chi connectivity index (χ0) is 18.5. The fourth-order valence-electron chi connectivity index (χ4n) is 3.19. The van der Waals surface area contributed by atoms with Crippen molar-refractivity contribution < 1.29 is 9.13 Å². The highest BCUT2D eigenvalue weighted by Gasteiger charge is 2.28. The van der Waals surface area contributed by atoms with Crippen LogP contribution in [0.3, 0.4) is 0 Å². The van der Waals surface area contributed by atoms with E-state index in [9.17, 15) is 4.39 Å². The molecule has 0 amide bonds. The highest BCUT2D eigenvalue weighted by Crippen LogP contribution is 2.25. The molecule has 2 unspecified atom stereocenters. The van der Waals surface area contributed by atoms with Crippen molar-refractivity contribution >= 4 is 5.96 Å². The van der Waals surface area contributed by atoms with E-state index in [1.165, 1.54) is 12.1 Å². The average molecular weight is 356 g/mol. The van der Waals surface area contributed by atoms with Gasteiger partial charge in [-0.1, -0.05) is 18.2 Å². The van der Waals surface area contributed by atoms with Gasteiger partial charge in [0.15, 0.2) is 5.96 Å². The fraction of sp³-hybridized carbons (Fsp3) is 0.400. The molecule has 0 bridgehead atoms. The summed E-state index contributed by atoms with van der Waals surface area (Å²) < 4.78 is 19.3. The molecule has 138 valence electrons. The predicted octanol–water partition coefficient (Wildman–Crippen LogP) is 3.07. The maximum absolute atomic E-state index is 13.2. The molecule has 0 radical (unpaired) electrons. The minimum absolute atomic E-state index is 0.0504. The van der Waals surface area contributed by atoms with Gasteiger partial charge < -0.3 is 15.0 Å². The van der Waals surface area contributed by atoms with Crippen LogP contribution in [0.25, 0.3) is 0 Å². The number of hydrogen-bond acceptors (Lipinski definition) is 3. The third-order valence-corrected chi connectivity index (χ3v) is 4.39. The lowest BCUT2D eigenvalue weighted by molar-refractivity contribution is -0.0605. The lowest BCUT2D eigenvalue weighted by atomic mass is 10.1. The topological polar surface area (TPSA) is 49.8 Å². The number of aliphatic imine (C=N–C) groups is 1. The molecule has 2 aromatic rings. The van der Waals surface area contributed by atoms with E-state index in [1.807, 2.05) is 32.0 Å². The Morgan fingerprint density at radius 3 is 2.73 bits per heavy atom. The molecular formula is C20H25FN4O. The molecule has 1 saturated heterocycles. The van der Waals surface area contributed by atoms with Gasteiger partial charge in [-0.3, -0.25) is 9.98 Å². The number of nitrogens with one attached hydrogen (secondary N) is 1. The van der Waals surface area contributed by atoms with E-state index in [1.54, 1.807) is 19.2 Å². The minimum Gasteiger partial charge on any atom is -0.367 e. The van der Waals surface area contributed by atoms with Crippen molar-refractivity contribution in [1.82, 2.24) is 15.2 Å². The van der Waals surface area contributed by atoms with Crippen LogP contribution < -0.4 is 5.32 Å². The Morgan fingerprint density at radius 2 is 2.04 bits per heavy atom. The molecule has 1 aromatic carbocycles. The number of guanidine groups is 1. The summed E-state index contributed by atoms with van der Waals surface area (Å²) in [6.07, 6.45) is -0.0653. The second-order valence-electron chi connectivity index (χ2n) is 6.56. The van der Waals surface area contributed by atoms with Gasteiger partial charge in [-0.25, -0.2) is 4.39 Å². The van der Waals surface area contributed by atoms with Gasteiger partial charge in [0.05, 0.1) is 24.9 Å². The highest BCUT2D eigenvalue weighted by atomic mass is 19.1. The lowest BCUT2D eigenvalue weighted by Gasteiger charge is -2.38. The van der Waals surface area contributed by atoms with Crippen molar-refractivity contribution in [3.63, 3.8) is 0 Å². The second kappa shape index (κ2) is 8.27. The number of hydrogen-bond donors (Lipinski definition) is 1. The van der Waals surface area contributed by atoms with E-state index in [0.29, 0.717) is 13.1 Å². The van der Waals surface area contributed by atoms with Gasteiger partial charge in [0.2, 0.25) is 0 Å². The molecule has 1 N–H and O–H groups in total. The van der Waals surface area contributed by atoms with Gasteiger partial charge in [0, 0.05) is 19.3 Å². The van der Waals surface area contributed by atoms with E-state index in [2.05, 4.69) is 20.2 Å². The van der Waals surface area contributed by atoms with Gasteiger partial charge in [0.1, 0.15) is 11.9 Å². The number of aryl methyl sites for hydroxylation is 1. The molecule has 26 heavy (non-hydrogen) atoms. The Labute approximate surface area is 153 Å². The Hall–Kier alpha value is -2.47. The molecule has 3 rings (SSSR count). The number of ether oxygens (including phenoxy) is 1. The number of aromatic nitrogens is 1. The third kappa shape index (κ3) is 4.58. The quantitative estimate of drug-likeness (QED) is 0.678. The van der Waals surface area contributed by atoms with E-state index < -0.39 is 0 Å². The summed E-state index contributed by atoms with van der Waals surface area (Å²) in [5, 5.41) is 3.38. The smallest absolute Gasteiger partial charge is 0.194 e. The fourth-order valence-corrected chi connectivity index (χ4v) is 3.19. The van der Waals surface area contributed by atoms with Crippen LogP contribution in [-0.2, 0) is 11.3 Å². The number of pyridine rings is 1. The van der Waals surface area contributed by atoms with E-state index in [4.69, 9.17) is 4.74 Å². The van der Waals surface area contributed by atoms with Crippen molar-refractivity contribution in [3.8, 4) is 0 Å². The SMILES string of the molecule is CN=C(NCc1cccc(C)n1)N1CC(C)OC(c2ccc(F)cc2)C1. The molecule has 6 heteroatoms. The minimum atomic E-state index is -0.238. The molecule has 0 spiro atoms. The molecule has 1 aromatic heterocycles. The number of rotatable bonds is 3. The van der Waals surface area contributed by atoms with Crippen LogP contribution in [0.2, 0.25) is 0 Å². The Balaban J connectivity index is 1.68. The highest BCUT2D eigenvalue weighted by molar-refractivity contribution is 5.80. The number of nitrogens with zero attached hydrogens (tertiary/aromatic N) is 3. The van der Waals surface area contributed by atoms with Gasteiger partial charge in [-0.2, -0.15) is 0 Å². The second-order valence-corrected chi connectivity index (χ2v) is 6.56. The molecule has 0 saturated carbocycles. The largest absolute Gasteiger partial charge is 0.367 e. The van der Waals surface area contributed by atoms with Crippen LogP contribution in [0.5, 0.6) is 0 Å². The summed E-state index contributed by atoms with van der Waals surface area (Å²) in [6, 6.07) is 12.5. The van der Waals surface area contributed by atoms with Crippen LogP contribution in [0.4, 0.5) is 4.39 Å². The van der Waals surface area contributed by atoms with Gasteiger partial charge in [0.25, 0.3) is 0 Å². The molecule has 1 aliphatic heterocycles. The van der Waals surface area contributed by atoms with Crippen LogP contribution in [0, 0.1) is 12.7 Å². The Bertz CT molecular complexity index is 763. The van der Waals surface area contributed by atoms with Crippen molar-refractivity contribution in [2.45, 2.75) is 32.6 Å². The first-order valence-corrected chi connectivity index (χ1v) is 8.84. The number of morpholine rings is 1. The molecule has 1 aliphatic rings. The maximum atomic E-state index is 13.2. The molecule has 1 fully saturated rings. The first-order valence-electron chi connectivity index (χ1n) is 8.84. The Kier molecular flexibility index (Phi) is 5.83. The number of halogens is 1. The van der Waals surface area contributed by atoms with Gasteiger partial charge in [-0.05, 0) is 43.7 Å². The first kappa shape index (κ1) is 18.3. The molecule has 2 atom stereocenters. The molecule has 2 heterocycles. The predicted molar refractivity (Wildman–Crippen MR) is 100 cm³/mol. The van der Waals surface area contributed by atoms with Gasteiger partial charge >= 0.3 is 0 Å². The summed E-state index contributed by atoms with van der Waals surface area (Å²) >= 11 is 0. The standard InChI is InChI=1S/C20H25FN4O/c1-14-5-4-6-18(24-14)11-23-20(22-3)25-12-15(2)26-19(13-25)16-7-9-17(21)10-8-16/h4-10,15,19H,11-13H2,1-3H3,(H,22,23). The van der Waals surface area contributed by atoms with Crippen LogP contribution in [0.1, 0.15) is 30.0 Å². The normalized spacial score (nSPS) is 20.9. The molecular weight excluding hydrogens is 331 g/mol. The summed E-state index contributed by atoms with van der Waals surface area (Å²) in [4.78, 5) is 11.1. The van der Waals surface area contributed by atoms with E-state index in [-0.39, 0.29) is 18.0 Å². The van der Waals surface area contributed by atoms with Crippen molar-refractivity contribution in [3.05, 3.63) is 65.2 Å². The Morgan fingerprint density at radius 1 is 1.27 bits per heavy atom. The summed E-state index contributed by atoms with van der Waals surface area (Å²) in [6.45, 7) is 6.05. The summed E-state index contributed by atoms with van der Waals surface area (Å²) in [5.41, 5.74) is 2.94. The van der Waals surface area contributed by atoms with Crippen molar-refractivity contribution in [2.75, 3.05) is 20.1 Å². The summed E-state index contributed by atoms with van der Waals surface area (Å²) in [7, 11) is 1.78.